The predicted molar refractivity (Wildman–Crippen MR) is 126 cm³/mol. The van der Waals surface area contributed by atoms with E-state index in [4.69, 9.17) is 55.1 Å². The maximum Gasteiger partial charge on any atom is 0.320 e. The first-order valence-electron chi connectivity index (χ1n) is 11.0. The minimum absolute atomic E-state index is 0.00306. The van der Waals surface area contributed by atoms with Gasteiger partial charge in [0.2, 0.25) is 0 Å². The Morgan fingerprint density at radius 3 is 1.21 bits per heavy atom. The van der Waals surface area contributed by atoms with Crippen LogP contribution in [0.5, 0.6) is 0 Å². The predicted octanol–water partition coefficient (Wildman–Crippen LogP) is 2.97. The molecule has 0 spiro atoms. The van der Waals surface area contributed by atoms with Gasteiger partial charge in [0, 0.05) is 11.8 Å². The fourth-order valence-corrected chi connectivity index (χ4v) is 3.36. The number of alkyl halides is 2. The summed E-state index contributed by atoms with van der Waals surface area (Å²) >= 11 is 11.0. The summed E-state index contributed by atoms with van der Waals surface area (Å²) in [5, 5.41) is 34.9. The van der Waals surface area contributed by atoms with Crippen LogP contribution in [-0.4, -0.2) is 68.1 Å². The summed E-state index contributed by atoms with van der Waals surface area (Å²) in [5.41, 5.74) is 10.6. The molecule has 194 valence electrons. The fraction of sp³-hybridized carbons (Fsp3) is 0.810. The van der Waals surface area contributed by atoms with Crippen LogP contribution in [0.1, 0.15) is 70.6 Å². The SMILES string of the molecule is N[C@@H](CC(CCCCCCCCCl)C(=O)O)C(=O)O.N[C@H](CC(CCCCl)C(=O)O)C(=O)O. The second-order valence-electron chi connectivity index (χ2n) is 7.86. The van der Waals surface area contributed by atoms with Crippen molar-refractivity contribution in [3.05, 3.63) is 0 Å². The summed E-state index contributed by atoms with van der Waals surface area (Å²) in [6, 6.07) is -2.21. The van der Waals surface area contributed by atoms with E-state index in [1.165, 1.54) is 0 Å². The van der Waals surface area contributed by atoms with Gasteiger partial charge in [0.25, 0.3) is 0 Å². The van der Waals surface area contributed by atoms with E-state index in [1.807, 2.05) is 0 Å². The topological polar surface area (TPSA) is 201 Å². The van der Waals surface area contributed by atoms with E-state index in [2.05, 4.69) is 0 Å². The van der Waals surface area contributed by atoms with Crippen molar-refractivity contribution >= 4 is 47.1 Å². The Morgan fingerprint density at radius 2 is 0.879 bits per heavy atom. The molecule has 0 radical (unpaired) electrons. The molecule has 4 atom stereocenters. The minimum atomic E-state index is -1.18. The van der Waals surface area contributed by atoms with Crippen molar-refractivity contribution in [2.45, 2.75) is 82.7 Å². The Hall–Kier alpha value is -1.62. The van der Waals surface area contributed by atoms with Crippen LogP contribution < -0.4 is 11.5 Å². The average Bonchev–Trinajstić information content (AvgIpc) is 2.74. The molecule has 0 saturated carbocycles. The second kappa shape index (κ2) is 20.9. The summed E-state index contributed by atoms with van der Waals surface area (Å²) in [7, 11) is 0. The van der Waals surface area contributed by atoms with Crippen molar-refractivity contribution in [3.63, 3.8) is 0 Å². The quantitative estimate of drug-likeness (QED) is 0.109. The van der Waals surface area contributed by atoms with Crippen LogP contribution in [-0.2, 0) is 19.2 Å². The van der Waals surface area contributed by atoms with Crippen molar-refractivity contribution in [2.75, 3.05) is 11.8 Å². The number of unbranched alkanes of at least 4 members (excludes halogenated alkanes) is 5. The van der Waals surface area contributed by atoms with E-state index >= 15 is 0 Å². The number of aliphatic carboxylic acids is 4. The van der Waals surface area contributed by atoms with E-state index in [-0.39, 0.29) is 12.8 Å². The molecule has 0 amide bonds. The van der Waals surface area contributed by atoms with Crippen LogP contribution in [0, 0.1) is 11.8 Å². The molecule has 0 bridgehead atoms. The molecule has 0 aliphatic heterocycles. The van der Waals surface area contributed by atoms with Gasteiger partial charge in [-0.05, 0) is 38.5 Å². The summed E-state index contributed by atoms with van der Waals surface area (Å²) in [6.45, 7) is 0. The molecular formula is C21H38Cl2N2O8. The van der Waals surface area contributed by atoms with Gasteiger partial charge >= 0.3 is 23.9 Å². The van der Waals surface area contributed by atoms with E-state index in [1.54, 1.807) is 0 Å². The van der Waals surface area contributed by atoms with Gasteiger partial charge in [0.1, 0.15) is 12.1 Å². The van der Waals surface area contributed by atoms with Gasteiger partial charge in [-0.15, -0.1) is 23.2 Å². The lowest BCUT2D eigenvalue weighted by Gasteiger charge is -2.14. The molecule has 12 heteroatoms. The summed E-state index contributed by atoms with van der Waals surface area (Å²) in [4.78, 5) is 42.7. The first kappa shape index (κ1) is 33.6. The molecular weight excluding hydrogens is 479 g/mol. The number of hydrogen-bond acceptors (Lipinski definition) is 6. The lowest BCUT2D eigenvalue weighted by molar-refractivity contribution is -0.145. The number of halogens is 2. The van der Waals surface area contributed by atoms with Gasteiger partial charge in [-0.2, -0.15) is 0 Å². The Morgan fingerprint density at radius 1 is 0.545 bits per heavy atom. The largest absolute Gasteiger partial charge is 0.481 e. The van der Waals surface area contributed by atoms with Crippen molar-refractivity contribution in [1.82, 2.24) is 0 Å². The third-order valence-corrected chi connectivity index (χ3v) is 5.57. The van der Waals surface area contributed by atoms with Crippen LogP contribution in [0.25, 0.3) is 0 Å². The first-order valence-corrected chi connectivity index (χ1v) is 12.1. The smallest absolute Gasteiger partial charge is 0.320 e. The van der Waals surface area contributed by atoms with Crippen molar-refractivity contribution < 1.29 is 39.6 Å². The number of nitrogens with two attached hydrogens (primary N) is 2. The number of carbonyl (C=O) groups is 4. The zero-order chi connectivity index (χ0) is 25.8. The third-order valence-electron chi connectivity index (χ3n) is 5.03. The molecule has 0 aromatic rings. The second-order valence-corrected chi connectivity index (χ2v) is 8.62. The summed E-state index contributed by atoms with van der Waals surface area (Å²) in [6.07, 6.45) is 7.41. The van der Waals surface area contributed by atoms with Gasteiger partial charge in [0.15, 0.2) is 0 Å². The molecule has 0 aromatic heterocycles. The number of hydrogen-bond donors (Lipinski definition) is 6. The van der Waals surface area contributed by atoms with Gasteiger partial charge in [-0.3, -0.25) is 19.2 Å². The lowest BCUT2D eigenvalue weighted by Crippen LogP contribution is -2.34. The molecule has 0 rings (SSSR count). The monoisotopic (exact) mass is 516 g/mol. The van der Waals surface area contributed by atoms with Crippen LogP contribution in [0.4, 0.5) is 0 Å². The maximum atomic E-state index is 11.0. The van der Waals surface area contributed by atoms with Crippen LogP contribution in [0.2, 0.25) is 0 Å². The van der Waals surface area contributed by atoms with E-state index in [9.17, 15) is 19.2 Å². The third kappa shape index (κ3) is 19.5. The molecule has 10 nitrogen and oxygen atoms in total. The van der Waals surface area contributed by atoms with Gasteiger partial charge in [-0.25, -0.2) is 0 Å². The molecule has 0 aliphatic rings. The highest BCUT2D eigenvalue weighted by Gasteiger charge is 2.24. The number of carboxylic acid groups (broad SMARTS) is 4. The minimum Gasteiger partial charge on any atom is -0.481 e. The van der Waals surface area contributed by atoms with Gasteiger partial charge in [-0.1, -0.05) is 32.1 Å². The molecule has 33 heavy (non-hydrogen) atoms. The molecule has 0 fully saturated rings. The Labute approximate surface area is 204 Å². The van der Waals surface area contributed by atoms with Crippen molar-refractivity contribution in [3.8, 4) is 0 Å². The summed E-state index contributed by atoms with van der Waals surface area (Å²) in [5.74, 6) is -4.63. The standard InChI is InChI=1S/C13H24ClNO4.C8H14ClNO4/c14-8-6-4-2-1-3-5-7-10(12(16)17)9-11(15)13(18)19;9-3-1-2-5(7(11)12)4-6(10)8(13)14/h10-11H,1-9,15H2,(H,16,17)(H,18,19);5-6H,1-4,10H2,(H,11,12)(H,13,14)/t10?,11-;5?,6-/m01/s1. The molecule has 8 N–H and O–H groups in total. The van der Waals surface area contributed by atoms with Crippen LogP contribution in [0.3, 0.4) is 0 Å². The van der Waals surface area contributed by atoms with Gasteiger partial charge < -0.3 is 31.9 Å². The highest BCUT2D eigenvalue weighted by atomic mass is 35.5. The maximum absolute atomic E-state index is 11.0. The number of rotatable bonds is 19. The van der Waals surface area contributed by atoms with Crippen LogP contribution in [0.15, 0.2) is 0 Å². The number of carboxylic acids is 4. The highest BCUT2D eigenvalue weighted by Crippen LogP contribution is 2.17. The molecule has 0 saturated heterocycles. The molecule has 2 unspecified atom stereocenters. The lowest BCUT2D eigenvalue weighted by atomic mass is 9.94. The molecule has 0 aliphatic carbocycles. The Kier molecular flexibility index (Phi) is 21.3. The average molecular weight is 517 g/mol. The molecule has 0 aromatic carbocycles. The van der Waals surface area contributed by atoms with Crippen molar-refractivity contribution in [2.24, 2.45) is 23.3 Å². The van der Waals surface area contributed by atoms with E-state index in [0.717, 1.165) is 38.5 Å². The zero-order valence-electron chi connectivity index (χ0n) is 18.8. The van der Waals surface area contributed by atoms with E-state index < -0.39 is 47.8 Å². The fourth-order valence-electron chi connectivity index (χ4n) is 3.01. The van der Waals surface area contributed by atoms with Gasteiger partial charge in [0.05, 0.1) is 11.8 Å². The normalized spacial score (nSPS) is 14.3. The van der Waals surface area contributed by atoms with E-state index in [0.29, 0.717) is 31.0 Å². The summed E-state index contributed by atoms with van der Waals surface area (Å²) < 4.78 is 0. The Bertz CT molecular complexity index is 580. The van der Waals surface area contributed by atoms with Crippen LogP contribution >= 0.6 is 23.2 Å². The Balaban J connectivity index is 0. The van der Waals surface area contributed by atoms with Crippen molar-refractivity contribution in [1.29, 1.82) is 0 Å². The zero-order valence-corrected chi connectivity index (χ0v) is 20.3. The first-order chi connectivity index (χ1) is 15.5. The highest BCUT2D eigenvalue weighted by molar-refractivity contribution is 6.18. The molecule has 0 heterocycles.